The van der Waals surface area contributed by atoms with Gasteiger partial charge in [-0.1, -0.05) is 30.3 Å². The smallest absolute Gasteiger partial charge is 0.226 e. The summed E-state index contributed by atoms with van der Waals surface area (Å²) in [6.07, 6.45) is 3.50. The lowest BCUT2D eigenvalue weighted by atomic mass is 9.75. The molecule has 0 aromatic heterocycles. The zero-order valence-corrected chi connectivity index (χ0v) is 19.2. The Morgan fingerprint density at radius 3 is 2.73 bits per heavy atom. The van der Waals surface area contributed by atoms with Crippen molar-refractivity contribution in [1.82, 2.24) is 26.6 Å². The summed E-state index contributed by atoms with van der Waals surface area (Å²) in [5.41, 5.74) is 7.83. The minimum absolute atomic E-state index is 0.0164. The summed E-state index contributed by atoms with van der Waals surface area (Å²) < 4.78 is 14.4. The van der Waals surface area contributed by atoms with Gasteiger partial charge in [0.25, 0.3) is 0 Å². The van der Waals surface area contributed by atoms with Crippen molar-refractivity contribution >= 4 is 23.6 Å². The average molecular weight is 470 g/mol. The van der Waals surface area contributed by atoms with Crippen molar-refractivity contribution in [3.8, 4) is 0 Å². The lowest BCUT2D eigenvalue weighted by Crippen LogP contribution is -2.65. The van der Waals surface area contributed by atoms with Gasteiger partial charge in [-0.05, 0) is 49.3 Å². The number of nitrogens with zero attached hydrogens (tertiary/aromatic N) is 1. The summed E-state index contributed by atoms with van der Waals surface area (Å²) in [4.78, 5) is 27.0. The Morgan fingerprint density at radius 1 is 1.18 bits per heavy atom. The molecule has 5 atom stereocenters. The van der Waals surface area contributed by atoms with Gasteiger partial charge in [0.15, 0.2) is 0 Å². The fourth-order valence-electron chi connectivity index (χ4n) is 5.20. The van der Waals surface area contributed by atoms with E-state index in [4.69, 9.17) is 0 Å². The molecule has 5 unspecified atom stereocenters. The fraction of sp³-hybridized carbons (Fsp3) is 0.417. The molecular weight excluding hydrogens is 441 g/mol. The number of hydrogen-bond donors (Lipinski definition) is 4. The summed E-state index contributed by atoms with van der Waals surface area (Å²) >= 11 is 1.69. The molecule has 3 aliphatic rings. The van der Waals surface area contributed by atoms with Crippen molar-refractivity contribution in [2.24, 2.45) is 11.8 Å². The van der Waals surface area contributed by atoms with Gasteiger partial charge < -0.3 is 10.6 Å². The van der Waals surface area contributed by atoms with Crippen LogP contribution in [0, 0.1) is 17.7 Å². The number of carbonyl (C=O) groups is 2. The van der Waals surface area contributed by atoms with Crippen molar-refractivity contribution in [2.45, 2.75) is 49.0 Å². The molecule has 0 radical (unpaired) electrons. The standard InChI is InChI=1S/C24H28FN5O2S/c1-33-16-9-6-14(7-10-16)13-26-23(31)15-8-11-18-20(12-15)30-22(27-24(18)32)21(28-29-30)17-4-2-3-5-19(17)25/h2-7,9-10,15,18,20-22,28-29H,8,11-13H2,1H3,(H,26,31)(H,27,32). The summed E-state index contributed by atoms with van der Waals surface area (Å²) in [6.45, 7) is 0.486. The largest absolute Gasteiger partial charge is 0.352 e. The second kappa shape index (κ2) is 9.42. The summed E-state index contributed by atoms with van der Waals surface area (Å²) in [5.74, 6) is -0.694. The van der Waals surface area contributed by atoms with Gasteiger partial charge in [-0.15, -0.1) is 11.8 Å². The molecule has 1 saturated carbocycles. The predicted molar refractivity (Wildman–Crippen MR) is 124 cm³/mol. The third kappa shape index (κ3) is 4.38. The first-order valence-electron chi connectivity index (χ1n) is 11.3. The maximum absolute atomic E-state index is 14.4. The predicted octanol–water partition coefficient (Wildman–Crippen LogP) is 2.47. The van der Waals surface area contributed by atoms with Gasteiger partial charge in [0.05, 0.1) is 12.0 Å². The van der Waals surface area contributed by atoms with E-state index in [9.17, 15) is 14.0 Å². The SMILES string of the molecule is CSc1ccc(CNC(=O)C2CCC3C(=O)NC4C(c5ccccc5F)NNN4C3C2)cc1. The molecule has 2 aromatic carbocycles. The third-order valence-electron chi connectivity index (χ3n) is 7.00. The first-order valence-corrected chi connectivity index (χ1v) is 12.5. The van der Waals surface area contributed by atoms with Crippen LogP contribution in [0.5, 0.6) is 0 Å². The minimum atomic E-state index is -0.424. The maximum atomic E-state index is 14.4. The van der Waals surface area contributed by atoms with Crippen LogP contribution >= 0.6 is 11.8 Å². The molecule has 33 heavy (non-hydrogen) atoms. The molecule has 7 nitrogen and oxygen atoms in total. The van der Waals surface area contributed by atoms with Crippen molar-refractivity contribution in [3.05, 3.63) is 65.5 Å². The quantitative estimate of drug-likeness (QED) is 0.504. The zero-order valence-electron chi connectivity index (χ0n) is 18.4. The first kappa shape index (κ1) is 22.3. The van der Waals surface area contributed by atoms with Crippen LogP contribution in [0.15, 0.2) is 53.4 Å². The summed E-state index contributed by atoms with van der Waals surface area (Å²) in [5, 5.41) is 8.07. The molecule has 2 heterocycles. The third-order valence-corrected chi connectivity index (χ3v) is 7.75. The highest BCUT2D eigenvalue weighted by atomic mass is 32.2. The van der Waals surface area contributed by atoms with Crippen LogP contribution in [-0.4, -0.2) is 35.3 Å². The molecule has 4 N–H and O–H groups in total. The van der Waals surface area contributed by atoms with Crippen molar-refractivity contribution in [1.29, 1.82) is 0 Å². The topological polar surface area (TPSA) is 85.5 Å². The Labute approximate surface area is 196 Å². The van der Waals surface area contributed by atoms with E-state index < -0.39 is 12.2 Å². The first-order chi connectivity index (χ1) is 16.0. The zero-order chi connectivity index (χ0) is 22.9. The summed E-state index contributed by atoms with van der Waals surface area (Å²) in [7, 11) is 0. The summed E-state index contributed by atoms with van der Waals surface area (Å²) in [6, 6.07) is 14.2. The van der Waals surface area contributed by atoms with Crippen LogP contribution in [0.3, 0.4) is 0 Å². The lowest BCUT2D eigenvalue weighted by Gasteiger charge is -2.46. The van der Waals surface area contributed by atoms with Crippen LogP contribution in [0.2, 0.25) is 0 Å². The highest BCUT2D eigenvalue weighted by Gasteiger charge is 2.51. The van der Waals surface area contributed by atoms with Crippen LogP contribution in [-0.2, 0) is 16.1 Å². The van der Waals surface area contributed by atoms with E-state index in [0.29, 0.717) is 31.4 Å². The molecular formula is C24H28FN5O2S. The van der Waals surface area contributed by atoms with Gasteiger partial charge in [0, 0.05) is 29.0 Å². The molecule has 3 fully saturated rings. The average Bonchev–Trinajstić information content (AvgIpc) is 3.26. The molecule has 5 rings (SSSR count). The fourth-order valence-corrected chi connectivity index (χ4v) is 5.61. The molecule has 0 bridgehead atoms. The Bertz CT molecular complexity index is 1040. The normalized spacial score (nSPS) is 29.2. The number of hydrazine groups is 2. The molecule has 174 valence electrons. The minimum Gasteiger partial charge on any atom is -0.352 e. The number of carbonyl (C=O) groups excluding carboxylic acids is 2. The van der Waals surface area contributed by atoms with Crippen molar-refractivity contribution < 1.29 is 14.0 Å². The number of hydrogen-bond acceptors (Lipinski definition) is 6. The number of halogens is 1. The number of rotatable bonds is 5. The molecule has 9 heteroatoms. The second-order valence-electron chi connectivity index (χ2n) is 8.87. The molecule has 2 aromatic rings. The Balaban J connectivity index is 1.25. The number of benzene rings is 2. The van der Waals surface area contributed by atoms with E-state index in [1.807, 2.05) is 23.4 Å². The highest BCUT2D eigenvalue weighted by Crippen LogP contribution is 2.39. The van der Waals surface area contributed by atoms with Gasteiger partial charge >= 0.3 is 0 Å². The molecule has 0 spiro atoms. The van der Waals surface area contributed by atoms with Crippen LogP contribution < -0.4 is 21.6 Å². The molecule has 2 aliphatic heterocycles. The molecule has 1 aliphatic carbocycles. The Morgan fingerprint density at radius 2 is 1.97 bits per heavy atom. The maximum Gasteiger partial charge on any atom is 0.226 e. The number of amides is 2. The van der Waals surface area contributed by atoms with E-state index in [2.05, 4.69) is 33.7 Å². The monoisotopic (exact) mass is 469 g/mol. The van der Waals surface area contributed by atoms with Gasteiger partial charge in [-0.2, -0.15) is 5.53 Å². The second-order valence-corrected chi connectivity index (χ2v) is 9.75. The number of thioether (sulfide) groups is 1. The lowest BCUT2D eigenvalue weighted by molar-refractivity contribution is -0.143. The van der Waals surface area contributed by atoms with Gasteiger partial charge in [0.2, 0.25) is 11.8 Å². The van der Waals surface area contributed by atoms with Crippen LogP contribution in [0.25, 0.3) is 0 Å². The van der Waals surface area contributed by atoms with Gasteiger partial charge in [-0.25, -0.2) is 14.8 Å². The molecule has 2 amide bonds. The van der Waals surface area contributed by atoms with E-state index >= 15 is 0 Å². The van der Waals surface area contributed by atoms with E-state index in [1.165, 1.54) is 11.0 Å². The van der Waals surface area contributed by atoms with E-state index in [0.717, 1.165) is 5.56 Å². The Kier molecular flexibility index (Phi) is 6.38. The van der Waals surface area contributed by atoms with E-state index in [-0.39, 0.29) is 35.5 Å². The highest BCUT2D eigenvalue weighted by molar-refractivity contribution is 7.98. The van der Waals surface area contributed by atoms with Crippen LogP contribution in [0.1, 0.15) is 36.4 Å². The Hall–Kier alpha value is -2.46. The van der Waals surface area contributed by atoms with Crippen LogP contribution in [0.4, 0.5) is 4.39 Å². The van der Waals surface area contributed by atoms with Gasteiger partial charge in [0.1, 0.15) is 12.0 Å². The number of nitrogens with one attached hydrogen (secondary N) is 4. The number of fused-ring (bicyclic) bond motifs is 3. The molecule has 2 saturated heterocycles. The van der Waals surface area contributed by atoms with Crippen molar-refractivity contribution in [3.63, 3.8) is 0 Å². The van der Waals surface area contributed by atoms with Crippen molar-refractivity contribution in [2.75, 3.05) is 6.26 Å². The van der Waals surface area contributed by atoms with Gasteiger partial charge in [-0.3, -0.25) is 9.59 Å². The van der Waals surface area contributed by atoms with E-state index in [1.54, 1.807) is 30.0 Å².